The number of fused-ring (bicyclic) bond motifs is 5. The average Bonchev–Trinajstić information content (AvgIpc) is 3.18. The number of carbonyl (C=O) groups is 1. The molecule has 9 nitrogen and oxygen atoms in total. The lowest BCUT2D eigenvalue weighted by Crippen LogP contribution is -2.53. The number of amides is 1. The van der Waals surface area contributed by atoms with Gasteiger partial charge in [0.1, 0.15) is 0 Å². The number of phosphoric ester groups is 1. The Hall–Kier alpha value is -0.510. The van der Waals surface area contributed by atoms with Crippen molar-refractivity contribution in [1.29, 1.82) is 0 Å². The summed E-state index contributed by atoms with van der Waals surface area (Å²) in [6, 6.07) is 0. The van der Waals surface area contributed by atoms with Crippen LogP contribution >= 0.6 is 7.82 Å². The summed E-state index contributed by atoms with van der Waals surface area (Å²) in [6.45, 7) is 11.2. The van der Waals surface area contributed by atoms with Gasteiger partial charge in [0.05, 0.1) is 5.75 Å². The molecular formula is C29H52NO8PS. The van der Waals surface area contributed by atoms with Crippen molar-refractivity contribution in [2.75, 3.05) is 19.1 Å². The maximum Gasteiger partial charge on any atom is 0.471 e. The second-order valence-electron chi connectivity index (χ2n) is 14.2. The lowest BCUT2D eigenvalue weighted by Gasteiger charge is -2.60. The van der Waals surface area contributed by atoms with E-state index in [2.05, 4.69) is 48.6 Å². The standard InChI is InChI=1S/C29H52NO8PS/c1-18-14-20(3)27-22(15-18)16-21(4)28-23(27)10-11-29(5)24(7-8-25(28)29)19(2)6-9-26(31)30-12-13-40(35,36)38-17-37-39(32,33)34/h18-25,27-28H,6-17H2,1-5H3,(H,30,31)(H2,32,33,34). The van der Waals surface area contributed by atoms with Gasteiger partial charge in [-0.15, -0.1) is 0 Å². The fraction of sp³-hybridized carbons (Fsp3) is 0.966. The monoisotopic (exact) mass is 605 g/mol. The van der Waals surface area contributed by atoms with Crippen LogP contribution in [0.3, 0.4) is 0 Å². The highest BCUT2D eigenvalue weighted by Gasteiger charge is 2.59. The highest BCUT2D eigenvalue weighted by molar-refractivity contribution is 7.86. The minimum Gasteiger partial charge on any atom is -0.355 e. The molecule has 0 radical (unpaired) electrons. The lowest BCUT2D eigenvalue weighted by molar-refractivity contribution is -0.122. The molecule has 0 aromatic carbocycles. The maximum atomic E-state index is 12.5. The predicted molar refractivity (Wildman–Crippen MR) is 153 cm³/mol. The summed E-state index contributed by atoms with van der Waals surface area (Å²) < 4.78 is 42.7. The molecule has 3 N–H and O–H groups in total. The van der Waals surface area contributed by atoms with Gasteiger partial charge in [0.25, 0.3) is 10.1 Å². The molecule has 0 aromatic rings. The number of nitrogens with one attached hydrogen (secondary N) is 1. The summed E-state index contributed by atoms with van der Waals surface area (Å²) >= 11 is 0. The Morgan fingerprint density at radius 3 is 2.48 bits per heavy atom. The first-order valence-electron chi connectivity index (χ1n) is 15.4. The van der Waals surface area contributed by atoms with Crippen LogP contribution in [0.4, 0.5) is 0 Å². The van der Waals surface area contributed by atoms with E-state index in [1.165, 1.54) is 44.9 Å². The van der Waals surface area contributed by atoms with E-state index < -0.39 is 30.5 Å². The molecule has 4 fully saturated rings. The Bertz CT molecular complexity index is 1050. The Labute approximate surface area is 241 Å². The van der Waals surface area contributed by atoms with Gasteiger partial charge in [-0.2, -0.15) is 8.42 Å². The van der Waals surface area contributed by atoms with Crippen molar-refractivity contribution < 1.29 is 36.3 Å². The summed E-state index contributed by atoms with van der Waals surface area (Å²) in [6.07, 6.45) is 10.6. The first-order valence-corrected chi connectivity index (χ1v) is 18.6. The fourth-order valence-corrected chi connectivity index (χ4v) is 11.3. The van der Waals surface area contributed by atoms with Gasteiger partial charge >= 0.3 is 7.82 Å². The topological polar surface area (TPSA) is 139 Å². The van der Waals surface area contributed by atoms with Crippen LogP contribution in [0, 0.1) is 64.6 Å². The van der Waals surface area contributed by atoms with Crippen molar-refractivity contribution >= 4 is 23.8 Å². The van der Waals surface area contributed by atoms with Crippen molar-refractivity contribution in [3.8, 4) is 0 Å². The van der Waals surface area contributed by atoms with Gasteiger partial charge in [-0.3, -0.25) is 9.32 Å². The highest BCUT2D eigenvalue weighted by Crippen LogP contribution is 2.67. The van der Waals surface area contributed by atoms with Gasteiger partial charge < -0.3 is 15.1 Å². The molecule has 0 aliphatic heterocycles. The van der Waals surface area contributed by atoms with E-state index >= 15 is 0 Å². The van der Waals surface area contributed by atoms with E-state index in [9.17, 15) is 17.8 Å². The Kier molecular flexibility index (Phi) is 10.2. The fourth-order valence-electron chi connectivity index (χ4n) is 10.3. The summed E-state index contributed by atoms with van der Waals surface area (Å²) in [5, 5.41) is 2.64. The third-order valence-corrected chi connectivity index (χ3v) is 13.2. The summed E-state index contributed by atoms with van der Waals surface area (Å²) in [5.74, 6) is 7.22. The van der Waals surface area contributed by atoms with Crippen LogP contribution in [0.15, 0.2) is 0 Å². The van der Waals surface area contributed by atoms with Crippen molar-refractivity contribution in [2.45, 2.75) is 92.4 Å². The van der Waals surface area contributed by atoms with E-state index in [1.54, 1.807) is 0 Å². The number of carbonyl (C=O) groups excluding carboxylic acids is 1. The van der Waals surface area contributed by atoms with Crippen molar-refractivity contribution in [2.24, 2.45) is 64.6 Å². The van der Waals surface area contributed by atoms with Gasteiger partial charge in [-0.1, -0.05) is 34.6 Å². The van der Waals surface area contributed by atoms with Crippen LogP contribution < -0.4 is 5.32 Å². The molecular weight excluding hydrogens is 553 g/mol. The Morgan fingerprint density at radius 2 is 1.77 bits per heavy atom. The van der Waals surface area contributed by atoms with Gasteiger partial charge in [-0.25, -0.2) is 8.75 Å². The average molecular weight is 606 g/mol. The van der Waals surface area contributed by atoms with Crippen molar-refractivity contribution in [3.63, 3.8) is 0 Å². The molecule has 11 unspecified atom stereocenters. The predicted octanol–water partition coefficient (Wildman–Crippen LogP) is 5.33. The van der Waals surface area contributed by atoms with E-state index in [0.29, 0.717) is 23.7 Å². The number of phosphoric acid groups is 1. The van der Waals surface area contributed by atoms with Crippen LogP contribution in [0.5, 0.6) is 0 Å². The van der Waals surface area contributed by atoms with Crippen molar-refractivity contribution in [1.82, 2.24) is 5.32 Å². The van der Waals surface area contributed by atoms with Crippen molar-refractivity contribution in [3.05, 3.63) is 0 Å². The van der Waals surface area contributed by atoms with E-state index in [0.717, 1.165) is 53.8 Å². The first kappa shape index (κ1) is 32.4. The van der Waals surface area contributed by atoms with Crippen LogP contribution in [0.2, 0.25) is 0 Å². The maximum absolute atomic E-state index is 12.5. The summed E-state index contributed by atoms with van der Waals surface area (Å²) in [4.78, 5) is 29.7. The van der Waals surface area contributed by atoms with Crippen LogP contribution in [-0.4, -0.2) is 43.2 Å². The zero-order chi connectivity index (χ0) is 29.5. The molecule has 4 saturated carbocycles. The lowest BCUT2D eigenvalue weighted by atomic mass is 9.45. The van der Waals surface area contributed by atoms with Gasteiger partial charge in [0, 0.05) is 13.0 Å². The van der Waals surface area contributed by atoms with E-state index in [-0.39, 0.29) is 12.5 Å². The highest BCUT2D eigenvalue weighted by atomic mass is 32.2. The number of hydrogen-bond donors (Lipinski definition) is 3. The number of rotatable bonds is 11. The first-order chi connectivity index (χ1) is 18.6. The van der Waals surface area contributed by atoms with E-state index in [4.69, 9.17) is 9.79 Å². The molecule has 11 atom stereocenters. The quantitative estimate of drug-likeness (QED) is 0.163. The molecule has 40 heavy (non-hydrogen) atoms. The molecule has 232 valence electrons. The summed E-state index contributed by atoms with van der Waals surface area (Å²) in [5.41, 5.74) is 0.337. The van der Waals surface area contributed by atoms with E-state index in [1.807, 2.05) is 0 Å². The van der Waals surface area contributed by atoms with Crippen LogP contribution in [0.1, 0.15) is 92.4 Å². The third-order valence-electron chi connectivity index (χ3n) is 11.6. The largest absolute Gasteiger partial charge is 0.471 e. The molecule has 4 aliphatic carbocycles. The minimum absolute atomic E-state index is 0.130. The van der Waals surface area contributed by atoms with Gasteiger partial charge in [-0.05, 0) is 116 Å². The second kappa shape index (κ2) is 12.6. The Morgan fingerprint density at radius 1 is 1.07 bits per heavy atom. The molecule has 4 rings (SSSR count). The molecule has 0 aromatic heterocycles. The molecule has 0 heterocycles. The number of hydrogen-bond acceptors (Lipinski definition) is 6. The molecule has 11 heteroatoms. The molecule has 0 bridgehead atoms. The minimum atomic E-state index is -4.82. The van der Waals surface area contributed by atoms with Gasteiger partial charge in [0.2, 0.25) is 5.91 Å². The second-order valence-corrected chi connectivity index (χ2v) is 17.2. The third kappa shape index (κ3) is 7.34. The molecule has 4 aliphatic rings. The smallest absolute Gasteiger partial charge is 0.355 e. The van der Waals surface area contributed by atoms with Crippen LogP contribution in [0.25, 0.3) is 0 Å². The normalized spacial score (nSPS) is 40.5. The molecule has 1 amide bonds. The molecule has 0 saturated heterocycles. The van der Waals surface area contributed by atoms with Crippen LogP contribution in [-0.2, 0) is 28.2 Å². The van der Waals surface area contributed by atoms with Gasteiger partial charge in [0.15, 0.2) is 6.79 Å². The zero-order valence-corrected chi connectivity index (χ0v) is 26.7. The molecule has 0 spiro atoms. The summed E-state index contributed by atoms with van der Waals surface area (Å²) in [7, 11) is -8.89. The SMILES string of the molecule is CC1CC(C)C2C(C1)CC(C)C1C2CCC2(C)C(C(C)CCC(=O)NCCS(=O)(=O)OCOP(=O)(O)O)CCC12. The zero-order valence-electron chi connectivity index (χ0n) is 25.0. The Balaban J connectivity index is 1.26.